The van der Waals surface area contributed by atoms with Crippen LogP contribution in [0.2, 0.25) is 0 Å². The third kappa shape index (κ3) is 9.53. The molecule has 9 nitrogen and oxygen atoms in total. The highest BCUT2D eigenvalue weighted by molar-refractivity contribution is 5.73. The van der Waals surface area contributed by atoms with Crippen LogP contribution in [-0.4, -0.2) is 94.3 Å². The molecule has 1 aliphatic carbocycles. The SMILES string of the molecule is CCOCC1CCN(CC2CC2)C2(C1)CN(c1ncc(F)cn1)C2.O=C(O)C(F)(F)F.O=C(O)C(F)(F)F. The first-order valence-electron chi connectivity index (χ1n) is 11.7. The minimum atomic E-state index is -5.08. The molecular formula is C22H29F7N4O5. The van der Waals surface area contributed by atoms with Crippen molar-refractivity contribution < 1.29 is 55.3 Å². The summed E-state index contributed by atoms with van der Waals surface area (Å²) in [5.41, 5.74) is 0.236. The Labute approximate surface area is 213 Å². The number of piperidine rings is 1. The van der Waals surface area contributed by atoms with Gasteiger partial charge in [-0.3, -0.25) is 4.90 Å². The Hall–Kier alpha value is -2.75. The lowest BCUT2D eigenvalue weighted by molar-refractivity contribution is -0.193. The second kappa shape index (κ2) is 12.9. The fraction of sp³-hybridized carbons (Fsp3) is 0.727. The number of hydrogen-bond donors (Lipinski definition) is 2. The molecule has 3 aliphatic rings. The predicted molar refractivity (Wildman–Crippen MR) is 118 cm³/mol. The number of anilines is 1. The summed E-state index contributed by atoms with van der Waals surface area (Å²) < 4.78 is 82.2. The maximum absolute atomic E-state index is 13.0. The number of ether oxygens (including phenoxy) is 1. The van der Waals surface area contributed by atoms with E-state index in [9.17, 15) is 30.7 Å². The summed E-state index contributed by atoms with van der Waals surface area (Å²) in [6.45, 7) is 8.05. The topological polar surface area (TPSA) is 116 Å². The minimum Gasteiger partial charge on any atom is -0.475 e. The average molecular weight is 562 g/mol. The van der Waals surface area contributed by atoms with Crippen LogP contribution in [0.15, 0.2) is 12.4 Å². The molecular weight excluding hydrogens is 533 g/mol. The van der Waals surface area contributed by atoms with Gasteiger partial charge in [0.2, 0.25) is 5.95 Å². The highest BCUT2D eigenvalue weighted by Gasteiger charge is 2.52. The maximum Gasteiger partial charge on any atom is 0.490 e. The second-order valence-electron chi connectivity index (χ2n) is 9.30. The van der Waals surface area contributed by atoms with E-state index in [-0.39, 0.29) is 11.4 Å². The monoisotopic (exact) mass is 562 g/mol. The molecule has 1 saturated carbocycles. The van der Waals surface area contributed by atoms with Crippen molar-refractivity contribution in [2.75, 3.05) is 44.3 Å². The first-order chi connectivity index (χ1) is 17.6. The van der Waals surface area contributed by atoms with Crippen molar-refractivity contribution >= 4 is 17.9 Å². The van der Waals surface area contributed by atoms with Crippen LogP contribution in [0.4, 0.5) is 36.7 Å². The molecule has 2 saturated heterocycles. The molecule has 216 valence electrons. The molecule has 1 atom stereocenters. The number of carboxylic acids is 2. The summed E-state index contributed by atoms with van der Waals surface area (Å²) in [5, 5.41) is 14.2. The van der Waals surface area contributed by atoms with Gasteiger partial charge in [0.25, 0.3) is 0 Å². The lowest BCUT2D eigenvalue weighted by Gasteiger charge is -2.59. The Morgan fingerprint density at radius 3 is 1.92 bits per heavy atom. The number of halogens is 7. The van der Waals surface area contributed by atoms with E-state index in [1.807, 2.05) is 0 Å². The first-order valence-corrected chi connectivity index (χ1v) is 11.7. The van der Waals surface area contributed by atoms with Crippen LogP contribution in [0.5, 0.6) is 0 Å². The van der Waals surface area contributed by atoms with E-state index in [1.165, 1.54) is 51.2 Å². The molecule has 0 bridgehead atoms. The first kappa shape index (κ1) is 31.5. The van der Waals surface area contributed by atoms with Crippen molar-refractivity contribution in [3.63, 3.8) is 0 Å². The fourth-order valence-electron chi connectivity index (χ4n) is 4.27. The molecule has 3 heterocycles. The van der Waals surface area contributed by atoms with Crippen molar-refractivity contribution in [3.8, 4) is 0 Å². The highest BCUT2D eigenvalue weighted by atomic mass is 19.4. The van der Waals surface area contributed by atoms with E-state index in [1.54, 1.807) is 0 Å². The third-order valence-corrected chi connectivity index (χ3v) is 6.22. The maximum atomic E-state index is 13.0. The van der Waals surface area contributed by atoms with Gasteiger partial charge in [-0.2, -0.15) is 26.3 Å². The van der Waals surface area contributed by atoms with E-state index >= 15 is 0 Å². The van der Waals surface area contributed by atoms with Crippen LogP contribution in [0, 0.1) is 17.7 Å². The molecule has 3 fully saturated rings. The molecule has 1 unspecified atom stereocenters. The van der Waals surface area contributed by atoms with Gasteiger partial charge in [-0.15, -0.1) is 0 Å². The van der Waals surface area contributed by atoms with Crippen LogP contribution in [0.3, 0.4) is 0 Å². The van der Waals surface area contributed by atoms with Gasteiger partial charge in [-0.25, -0.2) is 23.9 Å². The van der Waals surface area contributed by atoms with E-state index in [4.69, 9.17) is 24.5 Å². The number of nitrogens with zero attached hydrogens (tertiary/aromatic N) is 4. The van der Waals surface area contributed by atoms with Gasteiger partial charge in [-0.05, 0) is 51.0 Å². The number of likely N-dealkylation sites (tertiary alicyclic amines) is 1. The van der Waals surface area contributed by atoms with E-state index in [2.05, 4.69) is 26.7 Å². The van der Waals surface area contributed by atoms with Gasteiger partial charge in [0, 0.05) is 32.8 Å². The lowest BCUT2D eigenvalue weighted by Crippen LogP contribution is -2.73. The molecule has 0 amide bonds. The van der Waals surface area contributed by atoms with Crippen molar-refractivity contribution in [1.82, 2.24) is 14.9 Å². The van der Waals surface area contributed by atoms with Gasteiger partial charge < -0.3 is 19.8 Å². The molecule has 1 spiro atoms. The smallest absolute Gasteiger partial charge is 0.475 e. The highest BCUT2D eigenvalue weighted by Crippen LogP contribution is 2.43. The average Bonchev–Trinajstić information content (AvgIpc) is 3.61. The minimum absolute atomic E-state index is 0.236. The molecule has 4 rings (SSSR count). The van der Waals surface area contributed by atoms with Crippen molar-refractivity contribution in [2.45, 2.75) is 50.5 Å². The summed E-state index contributed by atoms with van der Waals surface area (Å²) in [6.07, 6.45) is -2.44. The molecule has 16 heteroatoms. The van der Waals surface area contributed by atoms with E-state index < -0.39 is 24.3 Å². The number of carboxylic acid groups (broad SMARTS) is 2. The third-order valence-electron chi connectivity index (χ3n) is 6.22. The number of alkyl halides is 6. The number of aromatic nitrogens is 2. The lowest BCUT2D eigenvalue weighted by atomic mass is 9.75. The van der Waals surface area contributed by atoms with E-state index in [0.717, 1.165) is 32.2 Å². The number of carbonyl (C=O) groups is 2. The second-order valence-corrected chi connectivity index (χ2v) is 9.30. The van der Waals surface area contributed by atoms with Crippen LogP contribution in [0.25, 0.3) is 0 Å². The van der Waals surface area contributed by atoms with Crippen LogP contribution < -0.4 is 4.90 Å². The summed E-state index contributed by atoms with van der Waals surface area (Å²) >= 11 is 0. The summed E-state index contributed by atoms with van der Waals surface area (Å²) in [4.78, 5) is 31.0. The molecule has 0 radical (unpaired) electrons. The van der Waals surface area contributed by atoms with Gasteiger partial charge in [0.15, 0.2) is 5.82 Å². The van der Waals surface area contributed by atoms with E-state index in [0.29, 0.717) is 11.9 Å². The zero-order valence-electron chi connectivity index (χ0n) is 20.4. The molecule has 0 aromatic carbocycles. The van der Waals surface area contributed by atoms with Crippen LogP contribution in [-0.2, 0) is 14.3 Å². The fourth-order valence-corrected chi connectivity index (χ4v) is 4.27. The Bertz CT molecular complexity index is 896. The Morgan fingerprint density at radius 1 is 1.00 bits per heavy atom. The Morgan fingerprint density at radius 2 is 1.50 bits per heavy atom. The van der Waals surface area contributed by atoms with Gasteiger partial charge in [-0.1, -0.05) is 0 Å². The Kier molecular flexibility index (Phi) is 10.7. The quantitative estimate of drug-likeness (QED) is 0.502. The van der Waals surface area contributed by atoms with Gasteiger partial charge in [0.05, 0.1) is 17.9 Å². The van der Waals surface area contributed by atoms with Crippen LogP contribution >= 0.6 is 0 Å². The Balaban J connectivity index is 0.000000301. The summed E-state index contributed by atoms with van der Waals surface area (Å²) in [7, 11) is 0. The van der Waals surface area contributed by atoms with Crippen molar-refractivity contribution in [1.29, 1.82) is 0 Å². The van der Waals surface area contributed by atoms with Crippen molar-refractivity contribution in [2.24, 2.45) is 11.8 Å². The summed E-state index contributed by atoms with van der Waals surface area (Å²) in [6, 6.07) is 0. The molecule has 1 aromatic heterocycles. The van der Waals surface area contributed by atoms with Gasteiger partial charge >= 0.3 is 24.3 Å². The summed E-state index contributed by atoms with van der Waals surface area (Å²) in [5.74, 6) is -3.68. The molecule has 2 aliphatic heterocycles. The predicted octanol–water partition coefficient (Wildman–Crippen LogP) is 3.60. The largest absolute Gasteiger partial charge is 0.490 e. The number of aliphatic carboxylic acids is 2. The van der Waals surface area contributed by atoms with Gasteiger partial charge in [0.1, 0.15) is 0 Å². The zero-order valence-corrected chi connectivity index (χ0v) is 20.4. The molecule has 2 N–H and O–H groups in total. The standard InChI is InChI=1S/C18H27FN4O.2C2HF3O2/c1-2-24-11-15-5-6-23(10-14-3-4-14)18(7-15)12-22(13-18)17-20-8-16(19)9-21-17;2*3-2(4,5)1(6)7/h8-9,14-15H,2-7,10-13H2,1H3;2*(H,6,7). The van der Waals surface area contributed by atoms with Crippen molar-refractivity contribution in [3.05, 3.63) is 18.2 Å². The number of hydrogen-bond acceptors (Lipinski definition) is 7. The normalized spacial score (nSPS) is 20.9. The number of rotatable bonds is 6. The molecule has 1 aromatic rings. The zero-order chi connectivity index (χ0) is 28.7. The van der Waals surface area contributed by atoms with Crippen LogP contribution in [0.1, 0.15) is 32.6 Å². The molecule has 38 heavy (non-hydrogen) atoms.